The molecule has 2 aromatic carbocycles. The predicted molar refractivity (Wildman–Crippen MR) is 143 cm³/mol. The van der Waals surface area contributed by atoms with E-state index in [1.807, 2.05) is 42.7 Å². The standard InChI is InChI=1S/C28H36ClN3O5/c1-4-27-30-10-11-32(27)13-15-36-25-9-8-22(16-26(25)33-2)18-31-12-14-35-20-28(19-31,34-3)21-37-24-7-5-6-23(29)17-24/h5-11,16-17H,4,12-15,18-21H2,1-3H3/t28-/m1/s1. The van der Waals surface area contributed by atoms with Gasteiger partial charge in [-0.15, -0.1) is 0 Å². The number of hydrogen-bond acceptors (Lipinski definition) is 7. The zero-order valence-electron chi connectivity index (χ0n) is 21.8. The van der Waals surface area contributed by atoms with Gasteiger partial charge in [0.25, 0.3) is 0 Å². The van der Waals surface area contributed by atoms with E-state index in [9.17, 15) is 0 Å². The number of aryl methyl sites for hydroxylation is 1. The van der Waals surface area contributed by atoms with Crippen molar-refractivity contribution in [1.82, 2.24) is 14.5 Å². The van der Waals surface area contributed by atoms with E-state index in [2.05, 4.69) is 27.4 Å². The lowest BCUT2D eigenvalue weighted by atomic mass is 10.1. The Morgan fingerprint density at radius 3 is 2.78 bits per heavy atom. The molecule has 37 heavy (non-hydrogen) atoms. The normalized spacial score (nSPS) is 18.4. The van der Waals surface area contributed by atoms with Crippen LogP contribution < -0.4 is 14.2 Å². The summed E-state index contributed by atoms with van der Waals surface area (Å²) in [5, 5.41) is 0.636. The van der Waals surface area contributed by atoms with Gasteiger partial charge in [0.15, 0.2) is 11.5 Å². The minimum Gasteiger partial charge on any atom is -0.493 e. The van der Waals surface area contributed by atoms with Gasteiger partial charge >= 0.3 is 0 Å². The Labute approximate surface area is 224 Å². The Morgan fingerprint density at radius 1 is 1.11 bits per heavy atom. The number of aromatic nitrogens is 2. The average molecular weight is 530 g/mol. The third-order valence-corrected chi connectivity index (χ3v) is 6.74. The van der Waals surface area contributed by atoms with Crippen molar-refractivity contribution < 1.29 is 23.7 Å². The fraction of sp³-hybridized carbons (Fsp3) is 0.464. The van der Waals surface area contributed by atoms with Gasteiger partial charge in [0, 0.05) is 50.6 Å². The van der Waals surface area contributed by atoms with Crippen molar-refractivity contribution in [2.24, 2.45) is 0 Å². The maximum atomic E-state index is 6.11. The number of nitrogens with zero attached hydrogens (tertiary/aromatic N) is 3. The molecular weight excluding hydrogens is 494 g/mol. The summed E-state index contributed by atoms with van der Waals surface area (Å²) in [5.74, 6) is 3.20. The van der Waals surface area contributed by atoms with E-state index in [1.54, 1.807) is 20.3 Å². The highest BCUT2D eigenvalue weighted by atomic mass is 35.5. The second kappa shape index (κ2) is 13.1. The lowest BCUT2D eigenvalue weighted by Gasteiger charge is -2.34. The molecule has 1 aliphatic heterocycles. The fourth-order valence-corrected chi connectivity index (χ4v) is 4.64. The van der Waals surface area contributed by atoms with E-state index >= 15 is 0 Å². The maximum Gasteiger partial charge on any atom is 0.161 e. The average Bonchev–Trinajstić information content (AvgIpc) is 3.27. The van der Waals surface area contributed by atoms with Crippen LogP contribution in [-0.2, 0) is 29.0 Å². The van der Waals surface area contributed by atoms with Crippen LogP contribution in [0.2, 0.25) is 5.02 Å². The first-order valence-corrected chi connectivity index (χ1v) is 13.0. The van der Waals surface area contributed by atoms with Crippen LogP contribution in [-0.4, -0.2) is 73.8 Å². The molecule has 0 spiro atoms. The largest absolute Gasteiger partial charge is 0.493 e. The molecule has 0 bridgehead atoms. The molecule has 1 aromatic heterocycles. The number of ether oxygens (including phenoxy) is 5. The van der Waals surface area contributed by atoms with Gasteiger partial charge in [0.2, 0.25) is 0 Å². The smallest absolute Gasteiger partial charge is 0.161 e. The van der Waals surface area contributed by atoms with Crippen LogP contribution in [0.25, 0.3) is 0 Å². The van der Waals surface area contributed by atoms with Gasteiger partial charge in [-0.2, -0.15) is 0 Å². The third-order valence-electron chi connectivity index (χ3n) is 6.50. The number of hydrogen-bond donors (Lipinski definition) is 0. The first-order chi connectivity index (χ1) is 18.0. The Morgan fingerprint density at radius 2 is 2.00 bits per heavy atom. The zero-order valence-corrected chi connectivity index (χ0v) is 22.6. The lowest BCUT2D eigenvalue weighted by molar-refractivity contribution is -0.0925. The van der Waals surface area contributed by atoms with Gasteiger partial charge in [-0.25, -0.2) is 4.98 Å². The summed E-state index contributed by atoms with van der Waals surface area (Å²) in [5.41, 5.74) is 0.520. The van der Waals surface area contributed by atoms with Crippen molar-refractivity contribution >= 4 is 11.6 Å². The summed E-state index contributed by atoms with van der Waals surface area (Å²) in [6, 6.07) is 13.5. The van der Waals surface area contributed by atoms with Gasteiger partial charge < -0.3 is 28.3 Å². The highest BCUT2D eigenvalue weighted by Crippen LogP contribution is 2.29. The molecule has 1 aliphatic rings. The monoisotopic (exact) mass is 529 g/mol. The Hall–Kier alpha value is -2.78. The Balaban J connectivity index is 1.37. The minimum absolute atomic E-state index is 0.354. The maximum absolute atomic E-state index is 6.11. The minimum atomic E-state index is -0.601. The molecule has 9 heteroatoms. The SMILES string of the molecule is CCc1nccn1CCOc1ccc(CN2CCOC[C@](COc3cccc(Cl)c3)(OC)C2)cc1OC. The van der Waals surface area contributed by atoms with Crippen LogP contribution in [0.15, 0.2) is 54.9 Å². The summed E-state index contributed by atoms with van der Waals surface area (Å²) in [6.07, 6.45) is 4.70. The Bertz CT molecular complexity index is 1140. The van der Waals surface area contributed by atoms with Crippen molar-refractivity contribution in [3.8, 4) is 17.2 Å². The zero-order chi connectivity index (χ0) is 26.1. The van der Waals surface area contributed by atoms with Gasteiger partial charge in [-0.1, -0.05) is 30.7 Å². The summed E-state index contributed by atoms with van der Waals surface area (Å²) < 4.78 is 31.7. The van der Waals surface area contributed by atoms with E-state index in [0.717, 1.165) is 43.2 Å². The quantitative estimate of drug-likeness (QED) is 0.342. The molecular formula is C28H36ClN3O5. The van der Waals surface area contributed by atoms with E-state index in [1.165, 1.54) is 0 Å². The number of imidazole rings is 1. The predicted octanol–water partition coefficient (Wildman–Crippen LogP) is 4.48. The number of benzene rings is 2. The van der Waals surface area contributed by atoms with Crippen LogP contribution >= 0.6 is 11.6 Å². The van der Waals surface area contributed by atoms with Crippen LogP contribution in [0.3, 0.4) is 0 Å². The van der Waals surface area contributed by atoms with Crippen LogP contribution in [0.1, 0.15) is 18.3 Å². The molecule has 1 fully saturated rings. The number of halogens is 1. The topological polar surface area (TPSA) is 67.2 Å². The van der Waals surface area contributed by atoms with Crippen LogP contribution in [0, 0.1) is 0 Å². The molecule has 1 atom stereocenters. The van der Waals surface area contributed by atoms with Crippen LogP contribution in [0.5, 0.6) is 17.2 Å². The molecule has 0 radical (unpaired) electrons. The number of methoxy groups -OCH3 is 2. The summed E-state index contributed by atoms with van der Waals surface area (Å²) >= 11 is 6.11. The first kappa shape index (κ1) is 27.3. The van der Waals surface area contributed by atoms with Crippen molar-refractivity contribution in [3.63, 3.8) is 0 Å². The van der Waals surface area contributed by atoms with E-state index in [0.29, 0.717) is 49.5 Å². The highest BCUT2D eigenvalue weighted by molar-refractivity contribution is 6.30. The number of rotatable bonds is 12. The summed E-state index contributed by atoms with van der Waals surface area (Å²) in [6.45, 7) is 6.96. The summed E-state index contributed by atoms with van der Waals surface area (Å²) in [7, 11) is 3.37. The van der Waals surface area contributed by atoms with Crippen molar-refractivity contribution in [2.75, 3.05) is 53.7 Å². The fourth-order valence-electron chi connectivity index (χ4n) is 4.46. The van der Waals surface area contributed by atoms with E-state index in [4.69, 9.17) is 35.3 Å². The molecule has 0 saturated carbocycles. The van der Waals surface area contributed by atoms with Crippen molar-refractivity contribution in [2.45, 2.75) is 32.0 Å². The van der Waals surface area contributed by atoms with Gasteiger partial charge in [-0.05, 0) is 35.9 Å². The van der Waals surface area contributed by atoms with Crippen molar-refractivity contribution in [3.05, 3.63) is 71.3 Å². The molecule has 8 nitrogen and oxygen atoms in total. The van der Waals surface area contributed by atoms with Gasteiger partial charge in [0.05, 0.1) is 26.9 Å². The van der Waals surface area contributed by atoms with Crippen molar-refractivity contribution in [1.29, 1.82) is 0 Å². The highest BCUT2D eigenvalue weighted by Gasteiger charge is 2.36. The molecule has 200 valence electrons. The molecule has 0 aliphatic carbocycles. The van der Waals surface area contributed by atoms with E-state index < -0.39 is 5.60 Å². The molecule has 4 rings (SSSR count). The molecule has 3 aromatic rings. The van der Waals surface area contributed by atoms with Gasteiger partial charge in [-0.3, -0.25) is 4.90 Å². The molecule has 0 amide bonds. The van der Waals surface area contributed by atoms with Gasteiger partial charge in [0.1, 0.15) is 30.4 Å². The van der Waals surface area contributed by atoms with E-state index in [-0.39, 0.29) is 0 Å². The molecule has 0 unspecified atom stereocenters. The van der Waals surface area contributed by atoms with Crippen LogP contribution in [0.4, 0.5) is 0 Å². The second-order valence-electron chi connectivity index (χ2n) is 9.12. The lowest BCUT2D eigenvalue weighted by Crippen LogP contribution is -2.50. The molecule has 1 saturated heterocycles. The Kier molecular flexibility index (Phi) is 9.68. The summed E-state index contributed by atoms with van der Waals surface area (Å²) in [4.78, 5) is 6.68. The third kappa shape index (κ3) is 7.38. The second-order valence-corrected chi connectivity index (χ2v) is 9.56. The first-order valence-electron chi connectivity index (χ1n) is 12.6. The molecule has 0 N–H and O–H groups in total. The molecule has 2 heterocycles.